The summed E-state index contributed by atoms with van der Waals surface area (Å²) in [5, 5.41) is 11.3. The second-order valence-electron chi connectivity index (χ2n) is 6.76. The molecular formula is C19H30N6O3S. The van der Waals surface area contributed by atoms with Gasteiger partial charge in [0.25, 0.3) is 0 Å². The Hall–Kier alpha value is -2.49. The van der Waals surface area contributed by atoms with Gasteiger partial charge in [-0.25, -0.2) is 9.78 Å². The number of carbonyl (C=O) groups is 1. The Morgan fingerprint density at radius 2 is 2.03 bits per heavy atom. The number of esters is 1. The maximum Gasteiger partial charge on any atom is 0.350 e. The van der Waals surface area contributed by atoms with Gasteiger partial charge < -0.3 is 19.9 Å². The number of aryl methyl sites for hydroxylation is 1. The fourth-order valence-corrected chi connectivity index (χ4v) is 3.41. The van der Waals surface area contributed by atoms with Gasteiger partial charge in [0.2, 0.25) is 5.89 Å². The molecule has 2 N–H and O–H groups in total. The second-order valence-corrected chi connectivity index (χ2v) is 7.80. The highest BCUT2D eigenvalue weighted by Crippen LogP contribution is 2.24. The Morgan fingerprint density at radius 3 is 2.66 bits per heavy atom. The number of nitrogens with one attached hydrogen (secondary N) is 2. The van der Waals surface area contributed by atoms with Crippen LogP contribution in [0, 0.1) is 6.92 Å². The molecule has 0 aliphatic heterocycles. The minimum Gasteiger partial charge on any atom is -0.462 e. The number of thiazole rings is 1. The van der Waals surface area contributed by atoms with Gasteiger partial charge in [0.1, 0.15) is 9.88 Å². The van der Waals surface area contributed by atoms with Gasteiger partial charge in [-0.1, -0.05) is 19.0 Å². The molecule has 0 spiro atoms. The Kier molecular flexibility index (Phi) is 8.56. The standard InChI is InChI=1S/C19H30N6O3S/c1-7-20-19(21-10-9-14-24-16(11(3)4)25-28-14)23-13(6)17-22-12(5)15(29-17)18(26)27-8-2/h11,13H,7-10H2,1-6H3,(H2,20,21,23). The molecule has 0 aliphatic carbocycles. The number of carbonyl (C=O) groups excluding carboxylic acids is 1. The van der Waals surface area contributed by atoms with Gasteiger partial charge in [-0.3, -0.25) is 4.99 Å². The molecule has 0 amide bonds. The lowest BCUT2D eigenvalue weighted by Gasteiger charge is -2.15. The lowest BCUT2D eigenvalue weighted by atomic mass is 10.2. The number of aromatic nitrogens is 3. The quantitative estimate of drug-likeness (QED) is 0.360. The van der Waals surface area contributed by atoms with Crippen molar-refractivity contribution < 1.29 is 14.1 Å². The van der Waals surface area contributed by atoms with Crippen molar-refractivity contribution in [1.82, 2.24) is 25.8 Å². The Bertz CT molecular complexity index is 830. The van der Waals surface area contributed by atoms with Gasteiger partial charge in [-0.15, -0.1) is 11.3 Å². The van der Waals surface area contributed by atoms with E-state index in [9.17, 15) is 4.79 Å². The molecule has 2 aromatic heterocycles. The fraction of sp³-hybridized carbons (Fsp3) is 0.632. The fourth-order valence-electron chi connectivity index (χ4n) is 2.44. The normalized spacial score (nSPS) is 12.9. The number of aliphatic imine (C=N–C) groups is 1. The van der Waals surface area contributed by atoms with E-state index in [1.165, 1.54) is 11.3 Å². The van der Waals surface area contributed by atoms with E-state index >= 15 is 0 Å². The zero-order valence-corrected chi connectivity index (χ0v) is 18.7. The number of rotatable bonds is 9. The second kappa shape index (κ2) is 10.9. The van der Waals surface area contributed by atoms with Crippen LogP contribution < -0.4 is 10.6 Å². The molecule has 1 atom stereocenters. The van der Waals surface area contributed by atoms with Gasteiger partial charge in [-0.2, -0.15) is 4.98 Å². The molecule has 0 saturated heterocycles. The molecule has 10 heteroatoms. The minimum absolute atomic E-state index is 0.115. The van der Waals surface area contributed by atoms with Crippen LogP contribution in [0.1, 0.15) is 78.7 Å². The molecule has 0 bridgehead atoms. The molecule has 0 fully saturated rings. The largest absolute Gasteiger partial charge is 0.462 e. The predicted molar refractivity (Wildman–Crippen MR) is 112 cm³/mol. The van der Waals surface area contributed by atoms with Crippen LogP contribution in [0.3, 0.4) is 0 Å². The van der Waals surface area contributed by atoms with Crippen LogP contribution in [0.5, 0.6) is 0 Å². The summed E-state index contributed by atoms with van der Waals surface area (Å²) >= 11 is 1.34. The molecule has 2 heterocycles. The van der Waals surface area contributed by atoms with E-state index in [1.807, 2.05) is 34.6 Å². The van der Waals surface area contributed by atoms with Crippen LogP contribution in [0.25, 0.3) is 0 Å². The van der Waals surface area contributed by atoms with Gasteiger partial charge in [0.05, 0.1) is 24.9 Å². The average Bonchev–Trinajstić information content (AvgIpc) is 3.29. The summed E-state index contributed by atoms with van der Waals surface area (Å²) in [4.78, 5) is 26.0. The van der Waals surface area contributed by atoms with Gasteiger partial charge in [0.15, 0.2) is 11.8 Å². The first kappa shape index (κ1) is 22.8. The first-order chi connectivity index (χ1) is 13.8. The lowest BCUT2D eigenvalue weighted by molar-refractivity contribution is 0.0531. The van der Waals surface area contributed by atoms with Crippen LogP contribution in [0.2, 0.25) is 0 Å². The third kappa shape index (κ3) is 6.52. The summed E-state index contributed by atoms with van der Waals surface area (Å²) in [6.07, 6.45) is 0.564. The van der Waals surface area contributed by atoms with Gasteiger partial charge in [0, 0.05) is 18.9 Å². The summed E-state index contributed by atoms with van der Waals surface area (Å²) in [7, 11) is 0. The molecule has 2 rings (SSSR count). The first-order valence-corrected chi connectivity index (χ1v) is 10.7. The SMILES string of the molecule is CCNC(=NCCc1nc(C(C)C)no1)NC(C)c1nc(C)c(C(=O)OCC)s1. The third-order valence-electron chi connectivity index (χ3n) is 3.94. The molecule has 9 nitrogen and oxygen atoms in total. The molecule has 2 aromatic rings. The van der Waals surface area contributed by atoms with E-state index in [1.54, 1.807) is 6.92 Å². The topological polar surface area (TPSA) is 115 Å². The summed E-state index contributed by atoms with van der Waals surface area (Å²) in [5.74, 6) is 1.85. The average molecular weight is 423 g/mol. The summed E-state index contributed by atoms with van der Waals surface area (Å²) in [6, 6.07) is -0.115. The van der Waals surface area contributed by atoms with Crippen LogP contribution in [-0.2, 0) is 11.2 Å². The first-order valence-electron chi connectivity index (χ1n) is 9.87. The van der Waals surface area contributed by atoms with Gasteiger partial charge in [-0.05, 0) is 27.7 Å². The molecule has 0 saturated carbocycles. The number of ether oxygens (including phenoxy) is 1. The Morgan fingerprint density at radius 1 is 1.28 bits per heavy atom. The maximum absolute atomic E-state index is 12.0. The van der Waals surface area contributed by atoms with Crippen LogP contribution in [-0.4, -0.2) is 46.7 Å². The van der Waals surface area contributed by atoms with Crippen molar-refractivity contribution in [2.24, 2.45) is 4.99 Å². The van der Waals surface area contributed by atoms with Gasteiger partial charge >= 0.3 is 5.97 Å². The summed E-state index contributed by atoms with van der Waals surface area (Å²) in [6.45, 7) is 13.2. The van der Waals surface area contributed by atoms with Crippen LogP contribution >= 0.6 is 11.3 Å². The van der Waals surface area contributed by atoms with E-state index in [2.05, 4.69) is 30.8 Å². The van der Waals surface area contributed by atoms with Crippen molar-refractivity contribution in [3.63, 3.8) is 0 Å². The zero-order chi connectivity index (χ0) is 21.4. The van der Waals surface area contributed by atoms with Crippen molar-refractivity contribution in [2.75, 3.05) is 19.7 Å². The van der Waals surface area contributed by atoms with E-state index in [4.69, 9.17) is 9.26 Å². The molecule has 1 unspecified atom stereocenters. The molecule has 0 aliphatic rings. The Balaban J connectivity index is 2.00. The lowest BCUT2D eigenvalue weighted by Crippen LogP contribution is -2.38. The molecule has 160 valence electrons. The summed E-state index contributed by atoms with van der Waals surface area (Å²) in [5.41, 5.74) is 0.677. The van der Waals surface area contributed by atoms with Crippen molar-refractivity contribution >= 4 is 23.3 Å². The van der Waals surface area contributed by atoms with Crippen molar-refractivity contribution in [2.45, 2.75) is 59.9 Å². The Labute approximate surface area is 175 Å². The number of hydrogen-bond donors (Lipinski definition) is 2. The zero-order valence-electron chi connectivity index (χ0n) is 17.9. The van der Waals surface area contributed by atoms with E-state index in [0.717, 1.165) is 11.6 Å². The van der Waals surface area contributed by atoms with E-state index in [0.29, 0.717) is 47.8 Å². The molecular weight excluding hydrogens is 392 g/mol. The van der Waals surface area contributed by atoms with Crippen molar-refractivity contribution in [3.05, 3.63) is 27.3 Å². The number of hydrogen-bond acceptors (Lipinski definition) is 8. The molecule has 29 heavy (non-hydrogen) atoms. The third-order valence-corrected chi connectivity index (χ3v) is 5.26. The van der Waals surface area contributed by atoms with E-state index < -0.39 is 0 Å². The molecule has 0 radical (unpaired) electrons. The summed E-state index contributed by atoms with van der Waals surface area (Å²) < 4.78 is 10.3. The monoisotopic (exact) mass is 422 g/mol. The highest BCUT2D eigenvalue weighted by atomic mass is 32.1. The van der Waals surface area contributed by atoms with Crippen molar-refractivity contribution in [3.8, 4) is 0 Å². The predicted octanol–water partition coefficient (Wildman–Crippen LogP) is 2.99. The maximum atomic E-state index is 12.0. The van der Waals surface area contributed by atoms with E-state index in [-0.39, 0.29) is 17.9 Å². The highest BCUT2D eigenvalue weighted by molar-refractivity contribution is 7.13. The van der Waals surface area contributed by atoms with Crippen molar-refractivity contribution in [1.29, 1.82) is 0 Å². The molecule has 0 aromatic carbocycles. The van der Waals surface area contributed by atoms with Crippen LogP contribution in [0.15, 0.2) is 9.52 Å². The van der Waals surface area contributed by atoms with Crippen LogP contribution in [0.4, 0.5) is 0 Å². The minimum atomic E-state index is -0.332. The number of guanidine groups is 1. The smallest absolute Gasteiger partial charge is 0.350 e. The highest BCUT2D eigenvalue weighted by Gasteiger charge is 2.20. The number of nitrogens with zero attached hydrogens (tertiary/aromatic N) is 4.